The number of thiazole rings is 1. The highest BCUT2D eigenvalue weighted by atomic mass is 32.1. The number of amides is 5. The standard InChI is InChI=1S/C55H81N11O10S/c1-37(2)44-17-19-66-49(44)52(58-35-60-66)61-41-11-13-42(14-12-41)63-20-22-64(23-21-63)48(70)16-15-46(68)56-18-24-73-25-26-74-27-28-75-29-30-76-34-47(69)62-51(55(4,5)6)54(72)65-33-43(67)31-45(65)53(71)57-32-39-7-9-40(10-8-39)50-38(3)59-36-77-50/h7-10,17,19,35-37,41-43,45,51,67H,11-16,18,20-34H2,1-6H3,(H,56,68)(H,57,71)(H,62,69)(H,58,60,61)/t41?,42?,43-,45+,51-/m1/s1. The monoisotopic (exact) mass is 1090 g/mol. The first-order valence-electron chi connectivity index (χ1n) is 27.3. The number of anilines is 1. The largest absolute Gasteiger partial charge is 0.391 e. The van der Waals surface area contributed by atoms with E-state index in [2.05, 4.69) is 61.1 Å². The molecule has 0 radical (unpaired) electrons. The van der Waals surface area contributed by atoms with Crippen LogP contribution in [-0.2, 0) is 49.5 Å². The second-order valence-electron chi connectivity index (χ2n) is 21.6. The van der Waals surface area contributed by atoms with E-state index >= 15 is 0 Å². The fourth-order valence-electron chi connectivity index (χ4n) is 10.2. The van der Waals surface area contributed by atoms with Gasteiger partial charge in [0.2, 0.25) is 29.5 Å². The molecule has 77 heavy (non-hydrogen) atoms. The van der Waals surface area contributed by atoms with Crippen molar-refractivity contribution in [1.82, 2.24) is 50.2 Å². The molecule has 0 unspecified atom stereocenters. The number of nitrogens with zero attached hydrogens (tertiary/aromatic N) is 7. The first-order valence-corrected chi connectivity index (χ1v) is 28.2. The number of aliphatic hydroxyl groups excluding tert-OH is 1. The fourth-order valence-corrected chi connectivity index (χ4v) is 11.0. The van der Waals surface area contributed by atoms with Crippen molar-refractivity contribution in [3.8, 4) is 10.4 Å². The molecule has 4 aromatic rings. The van der Waals surface area contributed by atoms with Crippen LogP contribution in [-0.4, -0.2) is 191 Å². The Morgan fingerprint density at radius 3 is 2.14 bits per heavy atom. The number of aryl methyl sites for hydroxylation is 1. The van der Waals surface area contributed by atoms with Gasteiger partial charge in [-0.3, -0.25) is 28.9 Å². The number of hydrogen-bond donors (Lipinski definition) is 5. The minimum atomic E-state index is -0.974. The third-order valence-corrected chi connectivity index (χ3v) is 15.5. The van der Waals surface area contributed by atoms with Crippen LogP contribution in [0, 0.1) is 12.3 Å². The maximum atomic E-state index is 13.9. The average Bonchev–Trinajstić information content (AvgIpc) is 4.20. The molecule has 5 N–H and O–H groups in total. The molecule has 3 fully saturated rings. The Kier molecular flexibility index (Phi) is 22.1. The average molecular weight is 1090 g/mol. The van der Waals surface area contributed by atoms with Gasteiger partial charge in [-0.05, 0) is 66.7 Å². The van der Waals surface area contributed by atoms with E-state index in [0.29, 0.717) is 70.7 Å². The molecule has 5 amide bonds. The van der Waals surface area contributed by atoms with Crippen LogP contribution >= 0.6 is 11.3 Å². The van der Waals surface area contributed by atoms with Gasteiger partial charge < -0.3 is 55.1 Å². The molecule has 3 atom stereocenters. The number of carbonyl (C=O) groups is 5. The molecule has 2 saturated heterocycles. The summed E-state index contributed by atoms with van der Waals surface area (Å²) >= 11 is 1.57. The van der Waals surface area contributed by atoms with Crippen molar-refractivity contribution in [3.63, 3.8) is 0 Å². The second kappa shape index (κ2) is 28.8. The van der Waals surface area contributed by atoms with E-state index in [1.165, 1.54) is 10.5 Å². The molecule has 5 heterocycles. The number of β-amino-alcohol motifs (C(OH)–C–C–N with tert-alkyl or cyclic N) is 1. The van der Waals surface area contributed by atoms with Crippen LogP contribution in [0.1, 0.15) is 102 Å². The number of likely N-dealkylation sites (tertiary alicyclic amines) is 1. The summed E-state index contributed by atoms with van der Waals surface area (Å²) in [5.41, 5.74) is 6.30. The van der Waals surface area contributed by atoms with E-state index in [1.807, 2.05) is 73.1 Å². The van der Waals surface area contributed by atoms with Gasteiger partial charge in [0, 0.05) is 83.4 Å². The summed E-state index contributed by atoms with van der Waals surface area (Å²) < 4.78 is 24.1. The third-order valence-electron chi connectivity index (χ3n) is 14.5. The van der Waals surface area contributed by atoms with Crippen LogP contribution in [0.5, 0.6) is 0 Å². The predicted octanol–water partition coefficient (Wildman–Crippen LogP) is 3.92. The lowest BCUT2D eigenvalue weighted by atomic mass is 9.85. The molecule has 7 rings (SSSR count). The van der Waals surface area contributed by atoms with Crippen molar-refractivity contribution in [2.75, 3.05) is 97.4 Å². The van der Waals surface area contributed by atoms with E-state index in [-0.39, 0.29) is 69.9 Å². The number of fused-ring (bicyclic) bond motifs is 1. The van der Waals surface area contributed by atoms with Gasteiger partial charge in [-0.2, -0.15) is 5.10 Å². The third kappa shape index (κ3) is 17.2. The maximum absolute atomic E-state index is 13.9. The zero-order valence-electron chi connectivity index (χ0n) is 45.8. The van der Waals surface area contributed by atoms with Gasteiger partial charge in [0.15, 0.2) is 5.82 Å². The first-order chi connectivity index (χ1) is 37.0. The van der Waals surface area contributed by atoms with Crippen molar-refractivity contribution in [3.05, 3.63) is 65.2 Å². The van der Waals surface area contributed by atoms with Gasteiger partial charge >= 0.3 is 0 Å². The molecule has 1 aliphatic carbocycles. The van der Waals surface area contributed by atoms with Crippen molar-refractivity contribution in [2.24, 2.45) is 5.41 Å². The van der Waals surface area contributed by atoms with Crippen molar-refractivity contribution in [2.45, 2.75) is 129 Å². The normalized spacial score (nSPS) is 19.6. The zero-order valence-corrected chi connectivity index (χ0v) is 46.6. The lowest BCUT2D eigenvalue weighted by molar-refractivity contribution is -0.144. The molecular formula is C55H81N11O10S. The molecular weight excluding hydrogens is 1010 g/mol. The van der Waals surface area contributed by atoms with Gasteiger partial charge in [-0.25, -0.2) is 14.5 Å². The number of benzene rings is 1. The van der Waals surface area contributed by atoms with Crippen LogP contribution in [0.2, 0.25) is 0 Å². The number of hydrogen-bond acceptors (Lipinski definition) is 16. The minimum Gasteiger partial charge on any atom is -0.391 e. The van der Waals surface area contributed by atoms with Crippen LogP contribution in [0.15, 0.2) is 48.4 Å². The fraction of sp³-hybridized carbons (Fsp3) is 0.636. The summed E-state index contributed by atoms with van der Waals surface area (Å²) in [7, 11) is 0. The minimum absolute atomic E-state index is 0.0133. The Balaban J connectivity index is 0.666. The summed E-state index contributed by atoms with van der Waals surface area (Å²) in [6.07, 6.45) is 7.47. The number of carbonyl (C=O) groups excluding carboxylic acids is 5. The molecule has 3 aromatic heterocycles. The van der Waals surface area contributed by atoms with E-state index in [1.54, 1.807) is 17.7 Å². The Hall–Kier alpha value is -5.62. The van der Waals surface area contributed by atoms with E-state index in [4.69, 9.17) is 18.9 Å². The first kappa shape index (κ1) is 59.0. The maximum Gasteiger partial charge on any atom is 0.246 e. The molecule has 22 heteroatoms. The van der Waals surface area contributed by atoms with E-state index in [0.717, 1.165) is 71.8 Å². The summed E-state index contributed by atoms with van der Waals surface area (Å²) in [4.78, 5) is 81.5. The topological polar surface area (TPSA) is 243 Å². The van der Waals surface area contributed by atoms with Crippen LogP contribution in [0.25, 0.3) is 16.0 Å². The molecule has 21 nitrogen and oxygen atoms in total. The summed E-state index contributed by atoms with van der Waals surface area (Å²) in [6.45, 7) is 17.1. The summed E-state index contributed by atoms with van der Waals surface area (Å²) in [6, 6.07) is 8.98. The highest BCUT2D eigenvalue weighted by Gasteiger charge is 2.44. The second-order valence-corrected chi connectivity index (χ2v) is 22.4. The quantitative estimate of drug-likeness (QED) is 0.0532. The van der Waals surface area contributed by atoms with Gasteiger partial charge in [-0.15, -0.1) is 11.3 Å². The van der Waals surface area contributed by atoms with Crippen molar-refractivity contribution >= 4 is 52.2 Å². The highest BCUT2D eigenvalue weighted by Crippen LogP contribution is 2.31. The van der Waals surface area contributed by atoms with Gasteiger partial charge in [0.25, 0.3) is 0 Å². The molecule has 1 aromatic carbocycles. The van der Waals surface area contributed by atoms with Gasteiger partial charge in [-0.1, -0.05) is 58.9 Å². The number of aromatic nitrogens is 4. The van der Waals surface area contributed by atoms with Crippen molar-refractivity contribution < 1.29 is 48.0 Å². The predicted molar refractivity (Wildman–Crippen MR) is 292 cm³/mol. The van der Waals surface area contributed by atoms with E-state index in [9.17, 15) is 29.1 Å². The summed E-state index contributed by atoms with van der Waals surface area (Å²) in [5, 5.41) is 27.2. The van der Waals surface area contributed by atoms with Gasteiger partial charge in [0.1, 0.15) is 30.5 Å². The molecule has 1 saturated carbocycles. The molecule has 0 spiro atoms. The van der Waals surface area contributed by atoms with Crippen LogP contribution in [0.3, 0.4) is 0 Å². The Morgan fingerprint density at radius 1 is 0.818 bits per heavy atom. The van der Waals surface area contributed by atoms with Crippen molar-refractivity contribution in [1.29, 1.82) is 0 Å². The number of rotatable bonds is 27. The SMILES string of the molecule is Cc1ncsc1-c1ccc(CNC(=O)[C@@H]2C[C@@H](O)CN2C(=O)[C@@H](NC(=O)COCCOCCOCCOCCNC(=O)CCC(=O)N2CCN(C3CCC(Nc4ncnn5ccc(C(C)C)c45)CC3)CC2)C(C)(C)C)cc1. The smallest absolute Gasteiger partial charge is 0.246 e. The molecule has 3 aliphatic rings. The number of aliphatic hydroxyl groups is 1. The Morgan fingerprint density at radius 2 is 1.49 bits per heavy atom. The number of ether oxygens (including phenoxy) is 4. The highest BCUT2D eigenvalue weighted by molar-refractivity contribution is 7.13. The van der Waals surface area contributed by atoms with Crippen LogP contribution < -0.4 is 21.3 Å². The number of nitrogens with one attached hydrogen (secondary N) is 4. The van der Waals surface area contributed by atoms with Gasteiger partial charge in [0.05, 0.1) is 68.4 Å². The Labute approximate surface area is 456 Å². The lowest BCUT2D eigenvalue weighted by Gasteiger charge is -2.42. The molecule has 422 valence electrons. The summed E-state index contributed by atoms with van der Waals surface area (Å²) in [5.74, 6) is -0.203. The lowest BCUT2D eigenvalue weighted by Crippen LogP contribution is -2.58. The van der Waals surface area contributed by atoms with E-state index < -0.39 is 35.4 Å². The molecule has 2 aliphatic heterocycles. The Bertz CT molecular complexity index is 2540. The molecule has 0 bridgehead atoms. The zero-order chi connectivity index (χ0) is 54.9. The number of piperazine rings is 1. The van der Waals surface area contributed by atoms with Crippen LogP contribution in [0.4, 0.5) is 5.82 Å².